The summed E-state index contributed by atoms with van der Waals surface area (Å²) in [6.45, 7) is 4.35. The maximum Gasteiger partial charge on any atom is 0.303 e. The van der Waals surface area contributed by atoms with Crippen LogP contribution in [0.2, 0.25) is 0 Å². The van der Waals surface area contributed by atoms with Crippen LogP contribution in [0.4, 0.5) is 0 Å². The number of carbonyl (C=O) groups is 1. The zero-order chi connectivity index (χ0) is 13.3. The molecule has 0 amide bonds. The number of carboxylic acid groups (broad SMARTS) is 1. The Balaban J connectivity index is 2.39. The second-order valence-electron chi connectivity index (χ2n) is 5.06. The second kappa shape index (κ2) is 4.84. The summed E-state index contributed by atoms with van der Waals surface area (Å²) in [7, 11) is 1.99. The van der Waals surface area contributed by atoms with Crippen molar-refractivity contribution in [2.24, 2.45) is 7.05 Å². The molecule has 1 aromatic carbocycles. The Bertz CT molecular complexity index is 581. The highest BCUT2D eigenvalue weighted by Crippen LogP contribution is 2.24. The fraction of sp³-hybridized carbons (Fsp3) is 0.400. The molecular weight excluding hydrogens is 226 g/mol. The van der Waals surface area contributed by atoms with Gasteiger partial charge in [-0.05, 0) is 36.1 Å². The summed E-state index contributed by atoms with van der Waals surface area (Å²) < 4.78 is 2.09. The van der Waals surface area contributed by atoms with Crippen LogP contribution in [0.15, 0.2) is 24.3 Å². The van der Waals surface area contributed by atoms with Crippen molar-refractivity contribution in [3.63, 3.8) is 0 Å². The summed E-state index contributed by atoms with van der Waals surface area (Å²) in [5, 5.41) is 9.95. The van der Waals surface area contributed by atoms with E-state index in [9.17, 15) is 4.79 Å². The van der Waals surface area contributed by atoms with Gasteiger partial charge >= 0.3 is 5.97 Å². The smallest absolute Gasteiger partial charge is 0.303 e. The van der Waals surface area contributed by atoms with Crippen LogP contribution in [-0.2, 0) is 18.3 Å². The van der Waals surface area contributed by atoms with E-state index in [0.29, 0.717) is 12.3 Å². The largest absolute Gasteiger partial charge is 0.481 e. The Kier molecular flexibility index (Phi) is 3.41. The molecule has 0 atom stereocenters. The summed E-state index contributed by atoms with van der Waals surface area (Å²) >= 11 is 0. The van der Waals surface area contributed by atoms with E-state index in [0.717, 1.165) is 5.69 Å². The summed E-state index contributed by atoms with van der Waals surface area (Å²) in [4.78, 5) is 10.6. The van der Waals surface area contributed by atoms with Gasteiger partial charge in [0.25, 0.3) is 0 Å². The third-order valence-electron chi connectivity index (χ3n) is 3.43. The lowest BCUT2D eigenvalue weighted by atomic mass is 10.0. The van der Waals surface area contributed by atoms with Crippen LogP contribution >= 0.6 is 0 Å². The lowest BCUT2D eigenvalue weighted by molar-refractivity contribution is -0.136. The number of hydrogen-bond acceptors (Lipinski definition) is 1. The number of fused-ring (bicyclic) bond motifs is 1. The third-order valence-corrected chi connectivity index (χ3v) is 3.43. The molecule has 0 radical (unpaired) electrons. The number of aryl methyl sites for hydroxylation is 2. The van der Waals surface area contributed by atoms with Gasteiger partial charge in [0, 0.05) is 23.6 Å². The number of aromatic nitrogens is 1. The van der Waals surface area contributed by atoms with Crippen molar-refractivity contribution in [2.45, 2.75) is 32.6 Å². The van der Waals surface area contributed by atoms with Crippen molar-refractivity contribution in [3.05, 3.63) is 35.5 Å². The summed E-state index contributed by atoms with van der Waals surface area (Å²) in [6.07, 6.45) is 0.763. The van der Waals surface area contributed by atoms with E-state index >= 15 is 0 Å². The van der Waals surface area contributed by atoms with Gasteiger partial charge in [-0.1, -0.05) is 19.9 Å². The van der Waals surface area contributed by atoms with Crippen LogP contribution in [0, 0.1) is 0 Å². The zero-order valence-corrected chi connectivity index (χ0v) is 11.1. The summed E-state index contributed by atoms with van der Waals surface area (Å²) in [5.41, 5.74) is 3.56. The fourth-order valence-corrected chi connectivity index (χ4v) is 2.26. The van der Waals surface area contributed by atoms with Crippen LogP contribution in [0.1, 0.15) is 37.4 Å². The molecule has 0 saturated heterocycles. The first-order valence-corrected chi connectivity index (χ1v) is 6.29. The molecule has 2 rings (SSSR count). The first-order valence-electron chi connectivity index (χ1n) is 6.29. The highest BCUT2D eigenvalue weighted by molar-refractivity contribution is 5.82. The standard InChI is InChI=1S/C15H19NO2/c1-10(2)11-4-6-14-12(8-11)9-13(16(14)3)5-7-15(17)18/h4,6,8-10H,5,7H2,1-3H3,(H,17,18). The number of benzene rings is 1. The molecule has 96 valence electrons. The van der Waals surface area contributed by atoms with Crippen molar-refractivity contribution in [2.75, 3.05) is 0 Å². The minimum absolute atomic E-state index is 0.182. The van der Waals surface area contributed by atoms with Gasteiger partial charge in [0.05, 0.1) is 6.42 Å². The number of hydrogen-bond donors (Lipinski definition) is 1. The van der Waals surface area contributed by atoms with Crippen molar-refractivity contribution in [1.29, 1.82) is 0 Å². The average molecular weight is 245 g/mol. The Morgan fingerprint density at radius 1 is 1.33 bits per heavy atom. The SMILES string of the molecule is CC(C)c1ccc2c(c1)cc(CCC(=O)O)n2C. The number of rotatable bonds is 4. The molecule has 3 nitrogen and oxygen atoms in total. The molecule has 2 aromatic rings. The van der Waals surface area contributed by atoms with Gasteiger partial charge in [0.2, 0.25) is 0 Å². The monoisotopic (exact) mass is 245 g/mol. The third kappa shape index (κ3) is 2.40. The predicted octanol–water partition coefficient (Wildman–Crippen LogP) is 3.32. The van der Waals surface area contributed by atoms with E-state index in [2.05, 4.69) is 42.7 Å². The number of aliphatic carboxylic acids is 1. The average Bonchev–Trinajstić information content (AvgIpc) is 2.63. The Morgan fingerprint density at radius 3 is 2.67 bits per heavy atom. The first kappa shape index (κ1) is 12.7. The van der Waals surface area contributed by atoms with Gasteiger partial charge in [-0.3, -0.25) is 4.79 Å². The van der Waals surface area contributed by atoms with E-state index in [4.69, 9.17) is 5.11 Å². The van der Waals surface area contributed by atoms with Gasteiger partial charge < -0.3 is 9.67 Å². The Hall–Kier alpha value is -1.77. The lowest BCUT2D eigenvalue weighted by Crippen LogP contribution is -2.01. The predicted molar refractivity (Wildman–Crippen MR) is 73.0 cm³/mol. The molecule has 0 fully saturated rings. The van der Waals surface area contributed by atoms with Crippen molar-refractivity contribution in [3.8, 4) is 0 Å². The molecule has 1 aromatic heterocycles. The van der Waals surface area contributed by atoms with Gasteiger partial charge in [-0.2, -0.15) is 0 Å². The number of carboxylic acids is 1. The molecule has 1 heterocycles. The Labute approximate surface area is 107 Å². The van der Waals surface area contributed by atoms with Crippen LogP contribution < -0.4 is 0 Å². The quantitative estimate of drug-likeness (QED) is 0.897. The highest BCUT2D eigenvalue weighted by Gasteiger charge is 2.09. The zero-order valence-electron chi connectivity index (χ0n) is 11.1. The second-order valence-corrected chi connectivity index (χ2v) is 5.06. The fourth-order valence-electron chi connectivity index (χ4n) is 2.26. The van der Waals surface area contributed by atoms with E-state index in [1.165, 1.54) is 16.5 Å². The van der Waals surface area contributed by atoms with Gasteiger partial charge in [0.15, 0.2) is 0 Å². The summed E-state index contributed by atoms with van der Waals surface area (Å²) in [6, 6.07) is 8.57. The van der Waals surface area contributed by atoms with Crippen molar-refractivity contribution in [1.82, 2.24) is 4.57 Å². The molecule has 0 saturated carbocycles. The lowest BCUT2D eigenvalue weighted by Gasteiger charge is -2.06. The molecule has 1 N–H and O–H groups in total. The molecular formula is C15H19NO2. The first-order chi connectivity index (χ1) is 8.49. The topological polar surface area (TPSA) is 42.2 Å². The molecule has 0 unspecified atom stereocenters. The van der Waals surface area contributed by atoms with E-state index < -0.39 is 5.97 Å². The van der Waals surface area contributed by atoms with Gasteiger partial charge in [-0.25, -0.2) is 0 Å². The minimum Gasteiger partial charge on any atom is -0.481 e. The molecule has 18 heavy (non-hydrogen) atoms. The molecule has 0 bridgehead atoms. The maximum atomic E-state index is 10.6. The molecule has 3 heteroatoms. The van der Waals surface area contributed by atoms with E-state index in [1.54, 1.807) is 0 Å². The van der Waals surface area contributed by atoms with Crippen LogP contribution in [0.3, 0.4) is 0 Å². The molecule has 0 aliphatic heterocycles. The van der Waals surface area contributed by atoms with Crippen molar-refractivity contribution >= 4 is 16.9 Å². The molecule has 0 spiro atoms. The minimum atomic E-state index is -0.747. The van der Waals surface area contributed by atoms with E-state index in [1.807, 2.05) is 7.05 Å². The normalized spacial score (nSPS) is 11.3. The molecule has 0 aliphatic carbocycles. The van der Waals surface area contributed by atoms with E-state index in [-0.39, 0.29) is 6.42 Å². The maximum absolute atomic E-state index is 10.6. The highest BCUT2D eigenvalue weighted by atomic mass is 16.4. The van der Waals surface area contributed by atoms with Crippen LogP contribution in [0.25, 0.3) is 10.9 Å². The van der Waals surface area contributed by atoms with Gasteiger partial charge in [-0.15, -0.1) is 0 Å². The summed E-state index contributed by atoms with van der Waals surface area (Å²) in [5.74, 6) is -0.236. The van der Waals surface area contributed by atoms with Crippen molar-refractivity contribution < 1.29 is 9.90 Å². The van der Waals surface area contributed by atoms with Crippen LogP contribution in [0.5, 0.6) is 0 Å². The van der Waals surface area contributed by atoms with Gasteiger partial charge in [0.1, 0.15) is 0 Å². The Morgan fingerprint density at radius 2 is 2.06 bits per heavy atom. The van der Waals surface area contributed by atoms with Crippen LogP contribution in [-0.4, -0.2) is 15.6 Å². The number of nitrogens with zero attached hydrogens (tertiary/aromatic N) is 1. The molecule has 0 aliphatic rings.